The summed E-state index contributed by atoms with van der Waals surface area (Å²) in [5, 5.41) is 0.0890. The molecule has 2 saturated carbocycles. The third-order valence-electron chi connectivity index (χ3n) is 8.01. The first-order chi connectivity index (χ1) is 19.7. The summed E-state index contributed by atoms with van der Waals surface area (Å²) in [6, 6.07) is 5.50. The molecule has 41 heavy (non-hydrogen) atoms. The summed E-state index contributed by atoms with van der Waals surface area (Å²) in [5.74, 6) is -1.49. The molecule has 0 aromatic carbocycles. The number of nitrogens with zero attached hydrogens (tertiary/aromatic N) is 2. The maximum atomic E-state index is 13.5. The molecule has 2 aliphatic carbocycles. The molecular formula is C31H40Cl2F2N2O4. The Bertz CT molecular complexity index is 1140. The third-order valence-corrected chi connectivity index (χ3v) is 8.43. The quantitative estimate of drug-likeness (QED) is 0.207. The zero-order chi connectivity index (χ0) is 29.8. The smallest absolute Gasteiger partial charge is 0.314 e. The molecule has 2 heterocycles. The molecule has 10 heteroatoms. The zero-order valence-electron chi connectivity index (χ0n) is 23.9. The molecule has 0 spiro atoms. The van der Waals surface area contributed by atoms with Crippen molar-refractivity contribution in [2.75, 3.05) is 0 Å². The van der Waals surface area contributed by atoms with E-state index in [0.717, 1.165) is 63.2 Å². The normalized spacial score (nSPS) is 22.3. The number of carbonyl (C=O) groups is 2. The summed E-state index contributed by atoms with van der Waals surface area (Å²) in [4.78, 5) is 31.0. The number of aromatic nitrogens is 2. The van der Waals surface area contributed by atoms with Crippen molar-refractivity contribution in [1.82, 2.24) is 9.97 Å². The second-order valence-corrected chi connectivity index (χ2v) is 11.8. The number of hydrogen-bond acceptors (Lipinski definition) is 6. The van der Waals surface area contributed by atoms with Gasteiger partial charge in [0.25, 0.3) is 11.9 Å². The zero-order valence-corrected chi connectivity index (χ0v) is 25.4. The van der Waals surface area contributed by atoms with Crippen LogP contribution in [0.15, 0.2) is 24.3 Å². The maximum absolute atomic E-state index is 13.5. The number of unbranched alkanes of at least 4 members (excludes halogenated alkanes) is 1. The largest absolute Gasteiger partial charge is 0.421 e. The van der Waals surface area contributed by atoms with Gasteiger partial charge in [-0.15, -0.1) is 0 Å². The Morgan fingerprint density at radius 3 is 1.49 bits per heavy atom. The van der Waals surface area contributed by atoms with Gasteiger partial charge in [-0.25, -0.2) is 9.97 Å². The fraction of sp³-hybridized carbons (Fsp3) is 0.613. The minimum absolute atomic E-state index is 0.0439. The lowest BCUT2D eigenvalue weighted by atomic mass is 9.80. The molecule has 0 aliphatic heterocycles. The fourth-order valence-corrected chi connectivity index (χ4v) is 5.88. The average molecular weight is 614 g/mol. The highest BCUT2D eigenvalue weighted by Crippen LogP contribution is 2.34. The van der Waals surface area contributed by atoms with Gasteiger partial charge in [-0.2, -0.15) is 8.78 Å². The Labute approximate surface area is 251 Å². The highest BCUT2D eigenvalue weighted by molar-refractivity contribution is 6.29. The van der Waals surface area contributed by atoms with E-state index in [1.165, 1.54) is 56.4 Å². The van der Waals surface area contributed by atoms with Crippen LogP contribution < -0.4 is 9.47 Å². The van der Waals surface area contributed by atoms with Crippen LogP contribution in [0.5, 0.6) is 11.5 Å². The van der Waals surface area contributed by atoms with Gasteiger partial charge in [0.05, 0.1) is 11.8 Å². The van der Waals surface area contributed by atoms with E-state index in [2.05, 4.69) is 23.8 Å². The molecule has 0 radical (unpaired) electrons. The highest BCUT2D eigenvalue weighted by atomic mass is 35.5. The van der Waals surface area contributed by atoms with Gasteiger partial charge in [0.1, 0.15) is 10.3 Å². The summed E-state index contributed by atoms with van der Waals surface area (Å²) in [6.45, 7) is 4.37. The molecule has 2 aromatic rings. The second kappa shape index (κ2) is 17.0. The van der Waals surface area contributed by atoms with Crippen molar-refractivity contribution in [3.8, 4) is 11.5 Å². The highest BCUT2D eigenvalue weighted by Gasteiger charge is 2.29. The maximum Gasteiger partial charge on any atom is 0.314 e. The van der Waals surface area contributed by atoms with Crippen LogP contribution in [0.25, 0.3) is 0 Å². The average Bonchev–Trinajstić information content (AvgIpc) is 2.96. The predicted molar refractivity (Wildman–Crippen MR) is 155 cm³/mol. The van der Waals surface area contributed by atoms with Gasteiger partial charge < -0.3 is 9.47 Å². The number of esters is 2. The first-order valence-corrected chi connectivity index (χ1v) is 15.5. The summed E-state index contributed by atoms with van der Waals surface area (Å²) < 4.78 is 37.2. The molecular weight excluding hydrogens is 573 g/mol. The van der Waals surface area contributed by atoms with E-state index in [1.54, 1.807) is 0 Å². The fourth-order valence-electron chi connectivity index (χ4n) is 5.61. The molecule has 226 valence electrons. The summed E-state index contributed by atoms with van der Waals surface area (Å²) in [6.07, 6.45) is 13.6. The Balaban J connectivity index is 0.000000226. The van der Waals surface area contributed by atoms with Gasteiger partial charge in [-0.1, -0.05) is 69.2 Å². The standard InChI is InChI=1S/C16H21ClFNO2.C15H19ClFNO2/c1-2-3-4-11-5-7-12(8-6-11)16(20)21-13-9-10-14(17)19-15(13)18;1-2-3-10-4-6-11(7-5-10)15(19)20-12-8-9-13(16)18-14(12)17/h9-12H,2-8H2,1H3;8-11H,2-7H2,1H3/t11-,12-;10-,11-. The van der Waals surface area contributed by atoms with Gasteiger partial charge in [-0.05, 0) is 87.5 Å². The Morgan fingerprint density at radius 2 is 1.12 bits per heavy atom. The number of rotatable bonds is 9. The van der Waals surface area contributed by atoms with Crippen molar-refractivity contribution < 1.29 is 27.8 Å². The van der Waals surface area contributed by atoms with E-state index in [4.69, 9.17) is 32.7 Å². The van der Waals surface area contributed by atoms with Crippen molar-refractivity contribution in [3.05, 3.63) is 46.5 Å². The number of carbonyl (C=O) groups excluding carboxylic acids is 2. The Kier molecular flexibility index (Phi) is 13.7. The molecule has 2 aliphatic rings. The minimum atomic E-state index is -0.842. The van der Waals surface area contributed by atoms with E-state index < -0.39 is 11.9 Å². The van der Waals surface area contributed by atoms with Crippen LogP contribution in [0.4, 0.5) is 8.78 Å². The van der Waals surface area contributed by atoms with Crippen LogP contribution in [0.3, 0.4) is 0 Å². The minimum Gasteiger partial charge on any atom is -0.421 e. The van der Waals surface area contributed by atoms with E-state index in [-0.39, 0.29) is 45.6 Å². The molecule has 0 N–H and O–H groups in total. The first kappa shape index (κ1) is 33.2. The van der Waals surface area contributed by atoms with E-state index in [9.17, 15) is 18.4 Å². The van der Waals surface area contributed by atoms with Crippen LogP contribution in [0.1, 0.15) is 97.3 Å². The first-order valence-electron chi connectivity index (χ1n) is 14.8. The van der Waals surface area contributed by atoms with Gasteiger partial charge >= 0.3 is 11.9 Å². The lowest BCUT2D eigenvalue weighted by Crippen LogP contribution is -2.26. The molecule has 6 nitrogen and oxygen atoms in total. The van der Waals surface area contributed by atoms with Crippen LogP contribution in [-0.4, -0.2) is 21.9 Å². The van der Waals surface area contributed by atoms with E-state index >= 15 is 0 Å². The van der Waals surface area contributed by atoms with E-state index in [0.29, 0.717) is 0 Å². The van der Waals surface area contributed by atoms with Gasteiger partial charge in [0.2, 0.25) is 0 Å². The molecule has 0 atom stereocenters. The van der Waals surface area contributed by atoms with Crippen LogP contribution >= 0.6 is 23.2 Å². The molecule has 0 amide bonds. The Hall–Kier alpha value is -2.32. The van der Waals surface area contributed by atoms with Crippen molar-refractivity contribution in [3.63, 3.8) is 0 Å². The number of ether oxygens (including phenoxy) is 2. The monoisotopic (exact) mass is 612 g/mol. The number of pyridine rings is 2. The molecule has 0 unspecified atom stereocenters. The van der Waals surface area contributed by atoms with Gasteiger partial charge in [0.15, 0.2) is 11.5 Å². The predicted octanol–water partition coefficient (Wildman–Crippen LogP) is 9.16. The van der Waals surface area contributed by atoms with Crippen molar-refractivity contribution in [2.45, 2.75) is 97.3 Å². The molecule has 0 saturated heterocycles. The molecule has 2 fully saturated rings. The van der Waals surface area contributed by atoms with Crippen LogP contribution in [0.2, 0.25) is 10.3 Å². The topological polar surface area (TPSA) is 78.4 Å². The SMILES string of the molecule is CCCC[C@H]1CC[C@H](C(=O)Oc2ccc(Cl)nc2F)CC1.CCC[C@H]1CC[C@H](C(=O)Oc2ccc(Cl)nc2F)CC1. The third kappa shape index (κ3) is 10.8. The second-order valence-electron chi connectivity index (χ2n) is 11.1. The number of hydrogen-bond donors (Lipinski definition) is 0. The summed E-state index contributed by atoms with van der Waals surface area (Å²) in [7, 11) is 0. The van der Waals surface area contributed by atoms with Crippen molar-refractivity contribution in [2.24, 2.45) is 23.7 Å². The van der Waals surface area contributed by atoms with Crippen LogP contribution in [-0.2, 0) is 9.59 Å². The molecule has 4 rings (SSSR count). The molecule has 2 aromatic heterocycles. The van der Waals surface area contributed by atoms with Crippen LogP contribution in [0, 0.1) is 35.6 Å². The molecule has 0 bridgehead atoms. The van der Waals surface area contributed by atoms with E-state index in [1.807, 2.05) is 0 Å². The van der Waals surface area contributed by atoms with Crippen molar-refractivity contribution >= 4 is 35.1 Å². The van der Waals surface area contributed by atoms with Crippen molar-refractivity contribution in [1.29, 1.82) is 0 Å². The van der Waals surface area contributed by atoms with Gasteiger partial charge in [-0.3, -0.25) is 9.59 Å². The lowest BCUT2D eigenvalue weighted by molar-refractivity contribution is -0.141. The number of halogens is 4. The Morgan fingerprint density at radius 1 is 0.707 bits per heavy atom. The summed E-state index contributed by atoms with van der Waals surface area (Å²) >= 11 is 11.1. The lowest BCUT2D eigenvalue weighted by Gasteiger charge is -2.27. The summed E-state index contributed by atoms with van der Waals surface area (Å²) in [5.41, 5.74) is 0. The van der Waals surface area contributed by atoms with Gasteiger partial charge in [0, 0.05) is 0 Å².